The van der Waals surface area contributed by atoms with Crippen LogP contribution in [0.4, 0.5) is 5.13 Å². The molecule has 4 heterocycles. The van der Waals surface area contributed by atoms with Crippen molar-refractivity contribution in [1.82, 2.24) is 20.4 Å². The number of amides is 2. The van der Waals surface area contributed by atoms with Gasteiger partial charge in [0.1, 0.15) is 17.1 Å². The Hall–Kier alpha value is -2.61. The standard InChI is InChI=1S/C21H21N5O5S3/c27-14(10-12-4-2-1-3-5-12)22-15-17(28)26-16(19(29)30)13(11-32-18(15)26)33-21-24-23-20(34-21)25-6-8-31-9-7-25/h1-5,15,18H,6-11H2,(H,22,27)(H,29,30)/t15-,18+/m1/s1. The second-order valence-corrected chi connectivity index (χ2v) is 11.1. The van der Waals surface area contributed by atoms with E-state index >= 15 is 0 Å². The van der Waals surface area contributed by atoms with Crippen LogP contribution >= 0.6 is 34.9 Å². The van der Waals surface area contributed by atoms with Gasteiger partial charge in [-0.2, -0.15) is 0 Å². The molecule has 0 unspecified atom stereocenters. The van der Waals surface area contributed by atoms with E-state index in [4.69, 9.17) is 4.74 Å². The first-order valence-electron chi connectivity index (χ1n) is 10.6. The molecule has 2 fully saturated rings. The van der Waals surface area contributed by atoms with Gasteiger partial charge in [-0.15, -0.1) is 22.0 Å². The number of carboxylic acids is 1. The van der Waals surface area contributed by atoms with Crippen molar-refractivity contribution in [3.05, 3.63) is 46.5 Å². The first kappa shape index (κ1) is 23.1. The number of carbonyl (C=O) groups excluding carboxylic acids is 2. The smallest absolute Gasteiger partial charge is 0.353 e. The highest BCUT2D eigenvalue weighted by Crippen LogP contribution is 2.46. The minimum Gasteiger partial charge on any atom is -0.477 e. The van der Waals surface area contributed by atoms with E-state index < -0.39 is 23.3 Å². The second kappa shape index (κ2) is 9.94. The molecule has 13 heteroatoms. The number of hydrogen-bond acceptors (Lipinski definition) is 10. The molecule has 0 aliphatic carbocycles. The van der Waals surface area contributed by atoms with Crippen LogP contribution < -0.4 is 10.2 Å². The number of carbonyl (C=O) groups is 3. The number of carboxylic acid groups (broad SMARTS) is 1. The molecule has 1 aromatic heterocycles. The van der Waals surface area contributed by atoms with Crippen LogP contribution in [0.25, 0.3) is 0 Å². The number of nitrogens with zero attached hydrogens (tertiary/aromatic N) is 4. The second-order valence-electron chi connectivity index (χ2n) is 7.75. The summed E-state index contributed by atoms with van der Waals surface area (Å²) in [5.41, 5.74) is 0.800. The summed E-state index contributed by atoms with van der Waals surface area (Å²) in [6.07, 6.45) is 0.160. The third-order valence-corrected chi connectivity index (χ3v) is 9.13. The van der Waals surface area contributed by atoms with Crippen molar-refractivity contribution in [2.75, 3.05) is 37.0 Å². The first-order valence-corrected chi connectivity index (χ1v) is 13.3. The van der Waals surface area contributed by atoms with E-state index in [1.54, 1.807) is 0 Å². The first-order chi connectivity index (χ1) is 16.5. The Labute approximate surface area is 207 Å². The maximum Gasteiger partial charge on any atom is 0.353 e. The fourth-order valence-corrected chi connectivity index (χ4v) is 7.44. The summed E-state index contributed by atoms with van der Waals surface area (Å²) in [6, 6.07) is 8.51. The topological polar surface area (TPSA) is 125 Å². The molecule has 0 saturated carbocycles. The van der Waals surface area contributed by atoms with Crippen LogP contribution in [0.15, 0.2) is 45.3 Å². The van der Waals surface area contributed by atoms with Gasteiger partial charge in [-0.3, -0.25) is 14.5 Å². The SMILES string of the molecule is O=C(Cc1ccccc1)N[C@@H]1C(=O)N2C(C(=O)O)=C(Sc3nnc(N4CCOCC4)s3)CS[C@@H]12. The van der Waals surface area contributed by atoms with Gasteiger partial charge in [-0.25, -0.2) is 4.79 Å². The van der Waals surface area contributed by atoms with Crippen LogP contribution in [0.5, 0.6) is 0 Å². The average molecular weight is 520 g/mol. The number of β-lactam (4-membered cyclic amide) rings is 1. The summed E-state index contributed by atoms with van der Waals surface area (Å²) in [4.78, 5) is 41.3. The molecule has 2 atom stereocenters. The Morgan fingerprint density at radius 1 is 1.21 bits per heavy atom. The molecule has 0 radical (unpaired) electrons. The van der Waals surface area contributed by atoms with E-state index in [1.807, 2.05) is 30.3 Å². The van der Waals surface area contributed by atoms with Crippen LogP contribution in [-0.4, -0.2) is 81.5 Å². The van der Waals surface area contributed by atoms with Crippen molar-refractivity contribution in [3.8, 4) is 0 Å². The molecule has 5 rings (SSSR count). The quantitative estimate of drug-likeness (QED) is 0.519. The van der Waals surface area contributed by atoms with Gasteiger partial charge >= 0.3 is 5.97 Å². The van der Waals surface area contributed by atoms with Gasteiger partial charge in [-0.1, -0.05) is 53.4 Å². The summed E-state index contributed by atoms with van der Waals surface area (Å²) < 4.78 is 5.98. The lowest BCUT2D eigenvalue weighted by Gasteiger charge is -2.49. The molecule has 3 aliphatic heterocycles. The number of rotatable bonds is 7. The van der Waals surface area contributed by atoms with Crippen molar-refractivity contribution in [3.63, 3.8) is 0 Å². The Morgan fingerprint density at radius 2 is 1.97 bits per heavy atom. The van der Waals surface area contributed by atoms with Crippen LogP contribution in [0.3, 0.4) is 0 Å². The molecule has 3 aliphatic rings. The molecular formula is C21H21N5O5S3. The van der Waals surface area contributed by atoms with Gasteiger partial charge < -0.3 is 20.1 Å². The maximum absolute atomic E-state index is 12.9. The molecule has 0 bridgehead atoms. The predicted octanol–water partition coefficient (Wildman–Crippen LogP) is 1.41. The molecule has 2 aromatic rings. The Balaban J connectivity index is 1.27. The van der Waals surface area contributed by atoms with Crippen LogP contribution in [0.2, 0.25) is 0 Å². The molecule has 178 valence electrons. The zero-order chi connectivity index (χ0) is 23.7. The molecule has 2 N–H and O–H groups in total. The number of hydrogen-bond donors (Lipinski definition) is 2. The van der Waals surface area contributed by atoms with Crippen LogP contribution in [0.1, 0.15) is 5.56 Å². The van der Waals surface area contributed by atoms with Crippen LogP contribution in [0, 0.1) is 0 Å². The molecule has 1 aromatic carbocycles. The molecule has 2 amide bonds. The highest BCUT2D eigenvalue weighted by molar-refractivity contribution is 8.07. The largest absolute Gasteiger partial charge is 0.477 e. The van der Waals surface area contributed by atoms with Crippen molar-refractivity contribution in [2.45, 2.75) is 22.2 Å². The average Bonchev–Trinajstić information content (AvgIpc) is 3.32. The van der Waals surface area contributed by atoms with Crippen molar-refractivity contribution in [1.29, 1.82) is 0 Å². The van der Waals surface area contributed by atoms with E-state index in [0.717, 1.165) is 23.8 Å². The number of benzene rings is 1. The number of aliphatic carboxylic acids is 1. The number of aromatic nitrogens is 2. The Kier molecular flexibility index (Phi) is 6.77. The summed E-state index contributed by atoms with van der Waals surface area (Å²) in [6.45, 7) is 2.74. The summed E-state index contributed by atoms with van der Waals surface area (Å²) in [5, 5.41) is 21.4. The van der Waals surface area contributed by atoms with Gasteiger partial charge in [0, 0.05) is 23.7 Å². The summed E-state index contributed by atoms with van der Waals surface area (Å²) >= 11 is 4.05. The Morgan fingerprint density at radius 3 is 2.71 bits per heavy atom. The lowest BCUT2D eigenvalue weighted by Crippen LogP contribution is -2.70. The van der Waals surface area contributed by atoms with Gasteiger partial charge in [0.25, 0.3) is 5.91 Å². The number of nitrogens with one attached hydrogen (secondary N) is 1. The van der Waals surface area contributed by atoms with Gasteiger partial charge in [0.15, 0.2) is 4.34 Å². The van der Waals surface area contributed by atoms with Crippen LogP contribution in [-0.2, 0) is 25.5 Å². The minimum atomic E-state index is -1.17. The van der Waals surface area contributed by atoms with Crippen molar-refractivity contribution in [2.24, 2.45) is 0 Å². The maximum atomic E-state index is 12.9. The number of ether oxygens (including phenoxy) is 1. The van der Waals surface area contributed by atoms with Crippen molar-refractivity contribution >= 4 is 57.8 Å². The highest BCUT2D eigenvalue weighted by atomic mass is 32.2. The third-order valence-electron chi connectivity index (χ3n) is 5.55. The molecule has 34 heavy (non-hydrogen) atoms. The number of morpholine rings is 1. The minimum absolute atomic E-state index is 0.0459. The van der Waals surface area contributed by atoms with Crippen molar-refractivity contribution < 1.29 is 24.2 Å². The monoisotopic (exact) mass is 519 g/mol. The molecular weight excluding hydrogens is 498 g/mol. The molecule has 0 spiro atoms. The zero-order valence-corrected chi connectivity index (χ0v) is 20.3. The molecule has 10 nitrogen and oxygen atoms in total. The van der Waals surface area contributed by atoms with Gasteiger partial charge in [0.2, 0.25) is 11.0 Å². The third kappa shape index (κ3) is 4.65. The number of fused-ring (bicyclic) bond motifs is 1. The van der Waals surface area contributed by atoms with E-state index in [1.165, 1.54) is 39.8 Å². The van der Waals surface area contributed by atoms with E-state index in [0.29, 0.717) is 28.2 Å². The fraction of sp³-hybridized carbons (Fsp3) is 0.381. The van der Waals surface area contributed by atoms with Gasteiger partial charge in [0.05, 0.1) is 19.6 Å². The number of thioether (sulfide) groups is 2. The van der Waals surface area contributed by atoms with E-state index in [-0.39, 0.29) is 18.0 Å². The Bertz CT molecular complexity index is 1130. The number of anilines is 1. The highest BCUT2D eigenvalue weighted by Gasteiger charge is 2.54. The van der Waals surface area contributed by atoms with E-state index in [2.05, 4.69) is 20.4 Å². The summed E-state index contributed by atoms with van der Waals surface area (Å²) in [7, 11) is 0. The molecule has 2 saturated heterocycles. The lowest BCUT2D eigenvalue weighted by molar-refractivity contribution is -0.150. The normalized spacial score (nSPS) is 22.3. The van der Waals surface area contributed by atoms with Gasteiger partial charge in [-0.05, 0) is 5.56 Å². The lowest BCUT2D eigenvalue weighted by atomic mass is 10.0. The fourth-order valence-electron chi connectivity index (χ4n) is 3.91. The summed E-state index contributed by atoms with van der Waals surface area (Å²) in [5.74, 6) is -1.46. The predicted molar refractivity (Wildman–Crippen MR) is 129 cm³/mol. The van der Waals surface area contributed by atoms with E-state index in [9.17, 15) is 19.5 Å². The zero-order valence-electron chi connectivity index (χ0n) is 17.9.